The lowest BCUT2D eigenvalue weighted by Crippen LogP contribution is -2.63. The van der Waals surface area contributed by atoms with Crippen molar-refractivity contribution in [3.8, 4) is 0 Å². The summed E-state index contributed by atoms with van der Waals surface area (Å²) < 4.78 is 5.13. The number of imide groups is 1. The lowest BCUT2D eigenvalue weighted by Gasteiger charge is -2.39. The molecule has 0 atom stereocenters. The molecule has 1 saturated heterocycles. The van der Waals surface area contributed by atoms with Crippen LogP contribution in [0.25, 0.3) is 0 Å². The van der Waals surface area contributed by atoms with Crippen LogP contribution in [0, 0.1) is 0 Å². The Morgan fingerprint density at radius 2 is 2.10 bits per heavy atom. The van der Waals surface area contributed by atoms with Gasteiger partial charge < -0.3 is 10.3 Å². The predicted octanol–water partition coefficient (Wildman–Crippen LogP) is -0.500. The number of rotatable bonds is 3. The van der Waals surface area contributed by atoms with Crippen LogP contribution in [-0.4, -0.2) is 38.9 Å². The molecule has 0 radical (unpaired) electrons. The lowest BCUT2D eigenvalue weighted by atomic mass is 9.99. The van der Waals surface area contributed by atoms with Gasteiger partial charge in [-0.3, -0.25) is 19.8 Å². The third-order valence-electron chi connectivity index (χ3n) is 3.30. The molecule has 110 valence electrons. The van der Waals surface area contributed by atoms with Gasteiger partial charge in [0.15, 0.2) is 5.82 Å². The fraction of sp³-hybridized carbons (Fsp3) is 0.667. The molecule has 0 aliphatic carbocycles. The third-order valence-corrected chi connectivity index (χ3v) is 3.30. The van der Waals surface area contributed by atoms with Crippen LogP contribution in [0.15, 0.2) is 4.52 Å². The second-order valence-corrected chi connectivity index (χ2v) is 6.03. The summed E-state index contributed by atoms with van der Waals surface area (Å²) in [4.78, 5) is 29.2. The van der Waals surface area contributed by atoms with Crippen molar-refractivity contribution in [2.24, 2.45) is 5.73 Å². The first-order valence-electron chi connectivity index (χ1n) is 6.32. The number of hydrogen-bond acceptors (Lipinski definition) is 7. The number of carbonyl (C=O) groups is 2. The standard InChI is InChI=1S/C12H19N5O3/c1-11(2,13)9-15-8(20-16-9)6-17-5-7(18)14-10(19)12(17,3)4/h5-6,13H2,1-4H3,(H,14,18,19). The minimum atomic E-state index is -0.819. The molecule has 2 heterocycles. The summed E-state index contributed by atoms with van der Waals surface area (Å²) in [6.45, 7) is 7.32. The summed E-state index contributed by atoms with van der Waals surface area (Å²) in [5, 5.41) is 6.12. The highest BCUT2D eigenvalue weighted by Gasteiger charge is 2.41. The molecule has 8 nitrogen and oxygen atoms in total. The Balaban J connectivity index is 2.18. The van der Waals surface area contributed by atoms with Crippen LogP contribution in [0.3, 0.4) is 0 Å². The van der Waals surface area contributed by atoms with E-state index in [-0.39, 0.29) is 24.9 Å². The second kappa shape index (κ2) is 4.64. The molecule has 3 N–H and O–H groups in total. The Kier molecular flexibility index (Phi) is 3.39. The van der Waals surface area contributed by atoms with Crippen molar-refractivity contribution in [2.45, 2.75) is 45.3 Å². The summed E-state index contributed by atoms with van der Waals surface area (Å²) in [5.74, 6) is 0.0352. The van der Waals surface area contributed by atoms with Crippen LogP contribution >= 0.6 is 0 Å². The zero-order valence-corrected chi connectivity index (χ0v) is 12.1. The third kappa shape index (κ3) is 2.70. The van der Waals surface area contributed by atoms with Gasteiger partial charge in [-0.15, -0.1) is 0 Å². The van der Waals surface area contributed by atoms with E-state index in [4.69, 9.17) is 10.3 Å². The normalized spacial score (nSPS) is 20.1. The number of carbonyl (C=O) groups excluding carboxylic acids is 2. The van der Waals surface area contributed by atoms with E-state index in [1.807, 2.05) is 0 Å². The summed E-state index contributed by atoms with van der Waals surface area (Å²) in [6, 6.07) is 0. The summed E-state index contributed by atoms with van der Waals surface area (Å²) >= 11 is 0. The van der Waals surface area contributed by atoms with Gasteiger partial charge in [0, 0.05) is 0 Å². The van der Waals surface area contributed by atoms with E-state index in [0.29, 0.717) is 11.7 Å². The van der Waals surface area contributed by atoms with Crippen molar-refractivity contribution in [1.82, 2.24) is 20.4 Å². The van der Waals surface area contributed by atoms with Gasteiger partial charge in [-0.25, -0.2) is 0 Å². The van der Waals surface area contributed by atoms with Gasteiger partial charge in [0.25, 0.3) is 0 Å². The number of piperazine rings is 1. The molecular formula is C12H19N5O3. The number of nitrogens with zero attached hydrogens (tertiary/aromatic N) is 3. The summed E-state index contributed by atoms with van der Waals surface area (Å²) in [6.07, 6.45) is 0. The molecule has 0 spiro atoms. The fourth-order valence-electron chi connectivity index (χ4n) is 1.83. The quantitative estimate of drug-likeness (QED) is 0.718. The van der Waals surface area contributed by atoms with Gasteiger partial charge in [-0.1, -0.05) is 5.16 Å². The van der Waals surface area contributed by atoms with Crippen molar-refractivity contribution in [1.29, 1.82) is 0 Å². The smallest absolute Gasteiger partial charge is 0.246 e. The maximum atomic E-state index is 11.8. The molecule has 2 amide bonds. The maximum absolute atomic E-state index is 11.8. The van der Waals surface area contributed by atoms with Gasteiger partial charge in [0.05, 0.1) is 24.2 Å². The first kappa shape index (κ1) is 14.6. The molecule has 0 unspecified atom stereocenters. The highest BCUT2D eigenvalue weighted by molar-refractivity contribution is 6.02. The largest absolute Gasteiger partial charge is 0.338 e. The van der Waals surface area contributed by atoms with Crippen LogP contribution < -0.4 is 11.1 Å². The molecular weight excluding hydrogens is 262 g/mol. The Labute approximate surface area is 116 Å². The van der Waals surface area contributed by atoms with Crippen LogP contribution in [-0.2, 0) is 21.7 Å². The van der Waals surface area contributed by atoms with E-state index in [2.05, 4.69) is 15.5 Å². The highest BCUT2D eigenvalue weighted by atomic mass is 16.5. The van der Waals surface area contributed by atoms with E-state index >= 15 is 0 Å². The van der Waals surface area contributed by atoms with Crippen LogP contribution in [0.4, 0.5) is 0 Å². The number of nitrogens with one attached hydrogen (secondary N) is 1. The molecule has 1 aromatic heterocycles. The SMILES string of the molecule is CC(C)(N)c1noc(CN2CC(=O)NC(=O)C2(C)C)n1. The van der Waals surface area contributed by atoms with Crippen molar-refractivity contribution >= 4 is 11.8 Å². The molecule has 0 aromatic carbocycles. The molecule has 1 aromatic rings. The molecule has 1 aliphatic heterocycles. The molecule has 20 heavy (non-hydrogen) atoms. The van der Waals surface area contributed by atoms with Gasteiger partial charge >= 0.3 is 0 Å². The monoisotopic (exact) mass is 281 g/mol. The molecule has 0 saturated carbocycles. The van der Waals surface area contributed by atoms with E-state index in [0.717, 1.165) is 0 Å². The zero-order valence-electron chi connectivity index (χ0n) is 12.1. The summed E-state index contributed by atoms with van der Waals surface area (Å²) in [7, 11) is 0. The topological polar surface area (TPSA) is 114 Å². The van der Waals surface area contributed by atoms with Crippen molar-refractivity contribution in [3.05, 3.63) is 11.7 Å². The number of aromatic nitrogens is 2. The molecule has 2 rings (SSSR count). The minimum Gasteiger partial charge on any atom is -0.338 e. The Hall–Kier alpha value is -1.80. The highest BCUT2D eigenvalue weighted by Crippen LogP contribution is 2.21. The lowest BCUT2D eigenvalue weighted by molar-refractivity contribution is -0.145. The van der Waals surface area contributed by atoms with Gasteiger partial charge in [-0.05, 0) is 27.7 Å². The summed E-state index contributed by atoms with van der Waals surface area (Å²) in [5.41, 5.74) is 4.36. The van der Waals surface area contributed by atoms with Crippen molar-refractivity contribution in [2.75, 3.05) is 6.54 Å². The average molecular weight is 281 g/mol. The van der Waals surface area contributed by atoms with Crippen LogP contribution in [0.1, 0.15) is 39.4 Å². The van der Waals surface area contributed by atoms with Gasteiger partial charge in [0.1, 0.15) is 0 Å². The van der Waals surface area contributed by atoms with E-state index in [1.54, 1.807) is 32.6 Å². The molecule has 1 fully saturated rings. The fourth-order valence-corrected chi connectivity index (χ4v) is 1.83. The Morgan fingerprint density at radius 1 is 1.45 bits per heavy atom. The maximum Gasteiger partial charge on any atom is 0.246 e. The minimum absolute atomic E-state index is 0.0997. The van der Waals surface area contributed by atoms with Crippen molar-refractivity contribution < 1.29 is 14.1 Å². The molecule has 8 heteroatoms. The average Bonchev–Trinajstić information content (AvgIpc) is 2.74. The van der Waals surface area contributed by atoms with E-state index < -0.39 is 11.1 Å². The molecule has 1 aliphatic rings. The first-order chi connectivity index (χ1) is 9.10. The van der Waals surface area contributed by atoms with E-state index in [1.165, 1.54) is 0 Å². The number of hydrogen-bond donors (Lipinski definition) is 2. The van der Waals surface area contributed by atoms with Crippen LogP contribution in [0.2, 0.25) is 0 Å². The first-order valence-corrected chi connectivity index (χ1v) is 6.32. The van der Waals surface area contributed by atoms with Crippen molar-refractivity contribution in [3.63, 3.8) is 0 Å². The number of nitrogens with two attached hydrogens (primary N) is 1. The Morgan fingerprint density at radius 3 is 2.65 bits per heavy atom. The second-order valence-electron chi connectivity index (χ2n) is 6.03. The number of amides is 2. The van der Waals surface area contributed by atoms with Gasteiger partial charge in [0.2, 0.25) is 17.7 Å². The van der Waals surface area contributed by atoms with E-state index in [9.17, 15) is 9.59 Å². The predicted molar refractivity (Wildman–Crippen MR) is 69.2 cm³/mol. The van der Waals surface area contributed by atoms with Crippen LogP contribution in [0.5, 0.6) is 0 Å². The molecule has 0 bridgehead atoms. The Bertz CT molecular complexity index is 544. The van der Waals surface area contributed by atoms with Gasteiger partial charge in [-0.2, -0.15) is 4.98 Å². The zero-order chi connectivity index (χ0) is 15.1.